The molecule has 0 aliphatic rings. The molecule has 0 amide bonds. The molecule has 1 atom stereocenters. The van der Waals surface area contributed by atoms with Crippen molar-refractivity contribution in [3.8, 4) is 0 Å². The van der Waals surface area contributed by atoms with Crippen molar-refractivity contribution in [2.45, 2.75) is 57.5 Å². The van der Waals surface area contributed by atoms with E-state index in [-0.39, 0.29) is 12.1 Å². The Morgan fingerprint density at radius 1 is 1.17 bits per heavy atom. The smallest absolute Gasteiger partial charge is 0.332 e. The molecule has 0 saturated heterocycles. The Balaban J connectivity index is 2.17. The summed E-state index contributed by atoms with van der Waals surface area (Å²) < 4.78 is 4.51. The number of aliphatic hydroxyl groups excluding tert-OH is 1. The molecule has 3 aromatic rings. The highest BCUT2D eigenvalue weighted by molar-refractivity contribution is 7.99. The molecule has 30 heavy (non-hydrogen) atoms. The topological polar surface area (TPSA) is 82.1 Å². The number of benzene rings is 1. The van der Waals surface area contributed by atoms with Gasteiger partial charge in [0.25, 0.3) is 5.56 Å². The molecule has 0 bridgehead atoms. The van der Waals surface area contributed by atoms with Crippen LogP contribution in [-0.2, 0) is 20.1 Å². The zero-order chi connectivity index (χ0) is 21.8. The molecule has 9 heteroatoms. The van der Waals surface area contributed by atoms with Gasteiger partial charge in [0.2, 0.25) is 0 Å². The summed E-state index contributed by atoms with van der Waals surface area (Å²) in [6.07, 6.45) is 1.34. The van der Waals surface area contributed by atoms with E-state index < -0.39 is 11.8 Å². The zero-order valence-corrected chi connectivity index (χ0v) is 19.0. The number of rotatable bonds is 9. The molecule has 1 N–H and O–H groups in total. The molecule has 3 rings (SSSR count). The van der Waals surface area contributed by atoms with Crippen molar-refractivity contribution >= 4 is 34.5 Å². The van der Waals surface area contributed by atoms with E-state index in [0.717, 1.165) is 17.7 Å². The Kier molecular flexibility index (Phi) is 7.44. The number of hydrogen-bond acceptors (Lipinski definition) is 5. The van der Waals surface area contributed by atoms with Crippen LogP contribution in [0.4, 0.5) is 0 Å². The molecule has 0 saturated carbocycles. The number of nitrogens with zero attached hydrogens (tertiary/aromatic N) is 4. The lowest BCUT2D eigenvalue weighted by Crippen LogP contribution is -2.40. The van der Waals surface area contributed by atoms with Gasteiger partial charge in [-0.15, -0.1) is 0 Å². The number of aromatic nitrogens is 4. The standard InChI is InChI=1S/C21H27ClN4O3S/c1-4-12-30-20-23-18-17(26(20)13-14-6-8-15(22)9-7-14)19(28)25(21(29)24(18)3)11-10-16(27)5-2/h6-9,16,27H,4-5,10-13H2,1-3H3. The van der Waals surface area contributed by atoms with Crippen LogP contribution in [-0.4, -0.2) is 35.6 Å². The largest absolute Gasteiger partial charge is 0.393 e. The summed E-state index contributed by atoms with van der Waals surface area (Å²) in [6.45, 7) is 4.57. The fourth-order valence-corrected chi connectivity index (χ4v) is 4.23. The lowest BCUT2D eigenvalue weighted by Gasteiger charge is -2.12. The number of imidazole rings is 1. The summed E-state index contributed by atoms with van der Waals surface area (Å²) >= 11 is 7.58. The maximum absolute atomic E-state index is 13.3. The van der Waals surface area contributed by atoms with E-state index in [1.165, 1.54) is 9.13 Å². The minimum Gasteiger partial charge on any atom is -0.393 e. The summed E-state index contributed by atoms with van der Waals surface area (Å²) in [4.78, 5) is 30.8. The monoisotopic (exact) mass is 450 g/mol. The van der Waals surface area contributed by atoms with Gasteiger partial charge in [-0.3, -0.25) is 13.9 Å². The van der Waals surface area contributed by atoms with Gasteiger partial charge in [0.1, 0.15) is 0 Å². The Bertz CT molecular complexity index is 1130. The highest BCUT2D eigenvalue weighted by Gasteiger charge is 2.21. The van der Waals surface area contributed by atoms with E-state index in [9.17, 15) is 14.7 Å². The molecule has 1 unspecified atom stereocenters. The van der Waals surface area contributed by atoms with E-state index in [1.54, 1.807) is 18.8 Å². The Labute approximate surface area is 184 Å². The number of thioether (sulfide) groups is 1. The normalized spacial score (nSPS) is 12.6. The molecule has 0 aliphatic carbocycles. The van der Waals surface area contributed by atoms with Gasteiger partial charge in [-0.25, -0.2) is 9.78 Å². The van der Waals surface area contributed by atoms with Crippen molar-refractivity contribution in [3.05, 3.63) is 55.7 Å². The van der Waals surface area contributed by atoms with Gasteiger partial charge in [-0.05, 0) is 37.0 Å². The van der Waals surface area contributed by atoms with Crippen LogP contribution in [0.3, 0.4) is 0 Å². The fourth-order valence-electron chi connectivity index (χ4n) is 3.25. The van der Waals surface area contributed by atoms with Crippen LogP contribution >= 0.6 is 23.4 Å². The van der Waals surface area contributed by atoms with Gasteiger partial charge in [-0.2, -0.15) is 0 Å². The molecule has 162 valence electrons. The second kappa shape index (κ2) is 9.85. The van der Waals surface area contributed by atoms with Crippen molar-refractivity contribution < 1.29 is 5.11 Å². The molecule has 2 aromatic heterocycles. The predicted octanol–water partition coefficient (Wildman–Crippen LogP) is 3.26. The summed E-state index contributed by atoms with van der Waals surface area (Å²) in [7, 11) is 1.63. The first-order valence-electron chi connectivity index (χ1n) is 10.1. The molecule has 0 spiro atoms. The van der Waals surface area contributed by atoms with Gasteiger partial charge in [0.15, 0.2) is 16.3 Å². The third-order valence-electron chi connectivity index (χ3n) is 5.04. The van der Waals surface area contributed by atoms with E-state index in [1.807, 2.05) is 35.8 Å². The highest BCUT2D eigenvalue weighted by atomic mass is 35.5. The number of fused-ring (bicyclic) bond motifs is 1. The average molecular weight is 451 g/mol. The molecule has 0 aliphatic heterocycles. The minimum atomic E-state index is -0.549. The van der Waals surface area contributed by atoms with Gasteiger partial charge in [0, 0.05) is 24.4 Å². The Morgan fingerprint density at radius 2 is 1.87 bits per heavy atom. The van der Waals surface area contributed by atoms with Gasteiger partial charge in [-0.1, -0.05) is 49.3 Å². The van der Waals surface area contributed by atoms with Crippen LogP contribution in [0.15, 0.2) is 39.0 Å². The van der Waals surface area contributed by atoms with Crippen molar-refractivity contribution in [3.63, 3.8) is 0 Å². The molecule has 0 fully saturated rings. The molecule has 1 aromatic carbocycles. The number of hydrogen-bond donors (Lipinski definition) is 1. The molecule has 0 radical (unpaired) electrons. The Morgan fingerprint density at radius 3 is 2.50 bits per heavy atom. The quantitative estimate of drug-likeness (QED) is 0.506. The van der Waals surface area contributed by atoms with Crippen molar-refractivity contribution in [1.82, 2.24) is 18.7 Å². The van der Waals surface area contributed by atoms with Crippen LogP contribution in [0.25, 0.3) is 11.2 Å². The summed E-state index contributed by atoms with van der Waals surface area (Å²) in [5.74, 6) is 0.856. The number of halogens is 1. The molecular formula is C21H27ClN4O3S. The van der Waals surface area contributed by atoms with E-state index in [4.69, 9.17) is 11.6 Å². The highest BCUT2D eigenvalue weighted by Crippen LogP contribution is 2.24. The van der Waals surface area contributed by atoms with E-state index >= 15 is 0 Å². The average Bonchev–Trinajstić information content (AvgIpc) is 3.10. The van der Waals surface area contributed by atoms with E-state index in [2.05, 4.69) is 11.9 Å². The summed E-state index contributed by atoms with van der Waals surface area (Å²) in [6, 6.07) is 7.46. The maximum atomic E-state index is 13.3. The fraction of sp³-hybridized carbons (Fsp3) is 0.476. The first kappa shape index (κ1) is 22.7. The number of aliphatic hydroxyl groups is 1. The van der Waals surface area contributed by atoms with Crippen LogP contribution in [0, 0.1) is 0 Å². The van der Waals surface area contributed by atoms with Crippen LogP contribution in [0.5, 0.6) is 0 Å². The zero-order valence-electron chi connectivity index (χ0n) is 17.5. The minimum absolute atomic E-state index is 0.167. The van der Waals surface area contributed by atoms with E-state index in [0.29, 0.717) is 40.7 Å². The lowest BCUT2D eigenvalue weighted by atomic mass is 10.2. The van der Waals surface area contributed by atoms with Crippen LogP contribution < -0.4 is 11.2 Å². The Hall–Kier alpha value is -2.03. The molecule has 2 heterocycles. The summed E-state index contributed by atoms with van der Waals surface area (Å²) in [5.41, 5.74) is 0.972. The van der Waals surface area contributed by atoms with Crippen LogP contribution in [0.2, 0.25) is 5.02 Å². The number of aryl methyl sites for hydroxylation is 1. The molecular weight excluding hydrogens is 424 g/mol. The van der Waals surface area contributed by atoms with Gasteiger partial charge >= 0.3 is 5.69 Å². The second-order valence-electron chi connectivity index (χ2n) is 7.28. The third kappa shape index (κ3) is 4.66. The lowest BCUT2D eigenvalue weighted by molar-refractivity contribution is 0.153. The third-order valence-corrected chi connectivity index (χ3v) is 6.48. The SMILES string of the molecule is CCCSc1nc2c(c(=O)n(CCC(O)CC)c(=O)n2C)n1Cc1ccc(Cl)cc1. The first-order valence-corrected chi connectivity index (χ1v) is 11.5. The predicted molar refractivity (Wildman–Crippen MR) is 122 cm³/mol. The van der Waals surface area contributed by atoms with Crippen molar-refractivity contribution in [2.24, 2.45) is 7.05 Å². The molecule has 7 nitrogen and oxygen atoms in total. The summed E-state index contributed by atoms with van der Waals surface area (Å²) in [5, 5.41) is 11.3. The van der Waals surface area contributed by atoms with Crippen molar-refractivity contribution in [1.29, 1.82) is 0 Å². The van der Waals surface area contributed by atoms with Gasteiger partial charge < -0.3 is 9.67 Å². The second-order valence-corrected chi connectivity index (χ2v) is 8.78. The van der Waals surface area contributed by atoms with Crippen molar-refractivity contribution in [2.75, 3.05) is 5.75 Å². The maximum Gasteiger partial charge on any atom is 0.332 e. The first-order chi connectivity index (χ1) is 14.4. The van der Waals surface area contributed by atoms with Crippen LogP contribution in [0.1, 0.15) is 38.7 Å². The van der Waals surface area contributed by atoms with Gasteiger partial charge in [0.05, 0.1) is 12.6 Å².